The highest BCUT2D eigenvalue weighted by atomic mass is 32.2. The molecule has 0 bridgehead atoms. The number of hydrogen-bond donors (Lipinski definition) is 1. The maximum atomic E-state index is 13.4. The number of anilines is 1. The predicted octanol–water partition coefficient (Wildman–Crippen LogP) is 4.77. The lowest BCUT2D eigenvalue weighted by molar-refractivity contribution is -0.124. The van der Waals surface area contributed by atoms with E-state index in [0.29, 0.717) is 50.6 Å². The number of benzene rings is 1. The van der Waals surface area contributed by atoms with E-state index < -0.39 is 0 Å². The SMILES string of the molecule is COc1ccc(CCNc2c(/C=C3/SC(=S)N(C4CCCCC4)C3=O)c(C)c(C#N)c(=O)n2C)cc1OC. The van der Waals surface area contributed by atoms with Gasteiger partial charge in [0.25, 0.3) is 11.5 Å². The van der Waals surface area contributed by atoms with E-state index in [0.717, 1.165) is 31.2 Å². The third kappa shape index (κ3) is 5.45. The molecule has 1 N–H and O–H groups in total. The van der Waals surface area contributed by atoms with Crippen molar-refractivity contribution in [3.05, 3.63) is 55.7 Å². The van der Waals surface area contributed by atoms with Crippen LogP contribution in [-0.2, 0) is 18.3 Å². The number of ether oxygens (including phenoxy) is 2. The predicted molar refractivity (Wildman–Crippen MR) is 155 cm³/mol. The molecule has 0 unspecified atom stereocenters. The second-order valence-corrected chi connectivity index (χ2v) is 11.1. The van der Waals surface area contributed by atoms with Crippen LogP contribution in [-0.4, -0.2) is 46.5 Å². The van der Waals surface area contributed by atoms with E-state index in [1.54, 1.807) is 39.2 Å². The molecule has 1 aliphatic heterocycles. The van der Waals surface area contributed by atoms with Crippen LogP contribution in [0.2, 0.25) is 0 Å². The average Bonchev–Trinajstić information content (AvgIpc) is 3.21. The Balaban J connectivity index is 1.65. The molecule has 2 aliphatic rings. The quantitative estimate of drug-likeness (QED) is 0.370. The summed E-state index contributed by atoms with van der Waals surface area (Å²) in [4.78, 5) is 28.6. The Morgan fingerprint density at radius 2 is 1.89 bits per heavy atom. The van der Waals surface area contributed by atoms with Crippen molar-refractivity contribution in [1.82, 2.24) is 9.47 Å². The van der Waals surface area contributed by atoms with Crippen molar-refractivity contribution >= 4 is 46.1 Å². The monoisotopic (exact) mass is 552 g/mol. The summed E-state index contributed by atoms with van der Waals surface area (Å²) < 4.78 is 12.7. The van der Waals surface area contributed by atoms with Gasteiger partial charge in [-0.1, -0.05) is 49.3 Å². The second-order valence-electron chi connectivity index (χ2n) is 9.45. The zero-order valence-corrected chi connectivity index (χ0v) is 23.8. The number of amides is 1. The summed E-state index contributed by atoms with van der Waals surface area (Å²) in [5, 5.41) is 13.1. The fourth-order valence-corrected chi connectivity index (χ4v) is 6.45. The Labute approximate surface area is 232 Å². The minimum absolute atomic E-state index is 0.0620. The molecule has 4 rings (SSSR count). The van der Waals surface area contributed by atoms with Gasteiger partial charge < -0.3 is 14.8 Å². The van der Waals surface area contributed by atoms with Crippen LogP contribution in [0.5, 0.6) is 11.5 Å². The molecule has 10 heteroatoms. The van der Waals surface area contributed by atoms with Crippen LogP contribution < -0.4 is 20.3 Å². The number of carbonyl (C=O) groups is 1. The molecule has 1 saturated heterocycles. The van der Waals surface area contributed by atoms with Gasteiger partial charge in [-0.2, -0.15) is 5.26 Å². The average molecular weight is 553 g/mol. The summed E-state index contributed by atoms with van der Waals surface area (Å²) in [5.74, 6) is 1.75. The third-order valence-corrected chi connectivity index (χ3v) is 8.52. The van der Waals surface area contributed by atoms with Crippen LogP contribution in [0.4, 0.5) is 5.82 Å². The van der Waals surface area contributed by atoms with E-state index in [1.807, 2.05) is 24.3 Å². The minimum Gasteiger partial charge on any atom is -0.493 e. The maximum absolute atomic E-state index is 13.4. The van der Waals surface area contributed by atoms with Crippen molar-refractivity contribution in [3.63, 3.8) is 0 Å². The maximum Gasteiger partial charge on any atom is 0.270 e. The van der Waals surface area contributed by atoms with Gasteiger partial charge in [0, 0.05) is 25.2 Å². The van der Waals surface area contributed by atoms with Crippen molar-refractivity contribution in [2.45, 2.75) is 51.5 Å². The lowest BCUT2D eigenvalue weighted by Crippen LogP contribution is -2.39. The number of nitriles is 1. The summed E-state index contributed by atoms with van der Waals surface area (Å²) in [6, 6.07) is 7.91. The molecular weight excluding hydrogens is 520 g/mol. The number of methoxy groups -OCH3 is 2. The number of carbonyl (C=O) groups excluding carboxylic acids is 1. The molecule has 8 nitrogen and oxygen atoms in total. The minimum atomic E-state index is -0.384. The first kappa shape index (κ1) is 27.7. The van der Waals surface area contributed by atoms with Gasteiger partial charge in [-0.25, -0.2) is 0 Å². The summed E-state index contributed by atoms with van der Waals surface area (Å²) in [7, 11) is 4.82. The molecule has 2 fully saturated rings. The van der Waals surface area contributed by atoms with Crippen molar-refractivity contribution in [1.29, 1.82) is 5.26 Å². The van der Waals surface area contributed by atoms with Gasteiger partial charge in [0.05, 0.1) is 19.1 Å². The Morgan fingerprint density at radius 3 is 2.55 bits per heavy atom. The third-order valence-electron chi connectivity index (χ3n) is 7.19. The summed E-state index contributed by atoms with van der Waals surface area (Å²) >= 11 is 6.88. The molecule has 200 valence electrons. The van der Waals surface area contributed by atoms with E-state index in [4.69, 9.17) is 21.7 Å². The van der Waals surface area contributed by atoms with E-state index in [9.17, 15) is 14.9 Å². The zero-order valence-electron chi connectivity index (χ0n) is 22.1. The fraction of sp³-hybridized carbons (Fsp3) is 0.429. The number of thioether (sulfide) groups is 1. The molecule has 2 aromatic rings. The van der Waals surface area contributed by atoms with E-state index in [1.165, 1.54) is 22.7 Å². The van der Waals surface area contributed by atoms with Crippen LogP contribution in [0.1, 0.15) is 54.4 Å². The molecular formula is C28H32N4O4S2. The van der Waals surface area contributed by atoms with Crippen molar-refractivity contribution in [2.75, 3.05) is 26.1 Å². The standard InChI is InChI=1S/C28H32N4O4S2/c1-17-20(15-24-27(34)32(28(37)38-24)19-8-6-5-7-9-19)25(31(2)26(33)21(17)16-29)30-13-12-18-10-11-22(35-3)23(14-18)36-4/h10-11,14-15,19,30H,5-9,12-13H2,1-4H3/b24-15+. The highest BCUT2D eigenvalue weighted by Crippen LogP contribution is 2.38. The van der Waals surface area contributed by atoms with Gasteiger partial charge in [-0.15, -0.1) is 0 Å². The van der Waals surface area contributed by atoms with E-state index >= 15 is 0 Å². The number of nitrogens with one attached hydrogen (secondary N) is 1. The Morgan fingerprint density at radius 1 is 1.18 bits per heavy atom. The van der Waals surface area contributed by atoms with Crippen LogP contribution in [0, 0.1) is 18.3 Å². The molecule has 1 saturated carbocycles. The van der Waals surface area contributed by atoms with Gasteiger partial charge in [0.2, 0.25) is 0 Å². The highest BCUT2D eigenvalue weighted by molar-refractivity contribution is 8.26. The van der Waals surface area contributed by atoms with Gasteiger partial charge in [-0.3, -0.25) is 19.1 Å². The first-order chi connectivity index (χ1) is 18.3. The Hall–Kier alpha value is -3.29. The smallest absolute Gasteiger partial charge is 0.270 e. The van der Waals surface area contributed by atoms with E-state index in [2.05, 4.69) is 5.32 Å². The molecule has 2 heterocycles. The van der Waals surface area contributed by atoms with Gasteiger partial charge in [0.1, 0.15) is 21.8 Å². The highest BCUT2D eigenvalue weighted by Gasteiger charge is 2.37. The lowest BCUT2D eigenvalue weighted by Gasteiger charge is -2.29. The van der Waals surface area contributed by atoms with Gasteiger partial charge >= 0.3 is 0 Å². The topological polar surface area (TPSA) is 96.6 Å². The molecule has 0 spiro atoms. The van der Waals surface area contributed by atoms with Gasteiger partial charge in [-0.05, 0) is 55.5 Å². The fourth-order valence-electron chi connectivity index (χ4n) is 5.07. The Bertz CT molecular complexity index is 1390. The summed E-state index contributed by atoms with van der Waals surface area (Å²) in [5.41, 5.74) is 1.88. The molecule has 0 radical (unpaired) electrons. The van der Waals surface area contributed by atoms with Gasteiger partial charge in [0.15, 0.2) is 11.5 Å². The Kier molecular flexibility index (Phi) is 8.80. The summed E-state index contributed by atoms with van der Waals surface area (Å²) in [6.45, 7) is 2.26. The van der Waals surface area contributed by atoms with Crippen LogP contribution in [0.25, 0.3) is 6.08 Å². The summed E-state index contributed by atoms with van der Waals surface area (Å²) in [6.07, 6.45) is 7.72. The molecule has 1 amide bonds. The largest absolute Gasteiger partial charge is 0.493 e. The molecule has 1 aromatic carbocycles. The number of nitrogens with zero attached hydrogens (tertiary/aromatic N) is 3. The number of pyridine rings is 1. The number of hydrogen-bond acceptors (Lipinski definition) is 8. The molecule has 1 aliphatic carbocycles. The normalized spacial score (nSPS) is 17.1. The molecule has 1 aromatic heterocycles. The number of rotatable bonds is 8. The van der Waals surface area contributed by atoms with Crippen molar-refractivity contribution < 1.29 is 14.3 Å². The first-order valence-corrected chi connectivity index (χ1v) is 13.9. The first-order valence-electron chi connectivity index (χ1n) is 12.7. The zero-order chi connectivity index (χ0) is 27.4. The van der Waals surface area contributed by atoms with Crippen LogP contribution in [0.3, 0.4) is 0 Å². The number of aromatic nitrogens is 1. The second kappa shape index (κ2) is 12.0. The van der Waals surface area contributed by atoms with Crippen LogP contribution in [0.15, 0.2) is 27.9 Å². The van der Waals surface area contributed by atoms with E-state index in [-0.39, 0.29) is 23.1 Å². The lowest BCUT2D eigenvalue weighted by atomic mass is 9.94. The van der Waals surface area contributed by atoms with Crippen molar-refractivity contribution in [3.8, 4) is 17.6 Å². The van der Waals surface area contributed by atoms with Crippen LogP contribution >= 0.6 is 24.0 Å². The molecule has 0 atom stereocenters. The molecule has 38 heavy (non-hydrogen) atoms. The number of thiocarbonyl (C=S) groups is 1. The van der Waals surface area contributed by atoms with Crippen molar-refractivity contribution in [2.24, 2.45) is 7.05 Å².